The van der Waals surface area contributed by atoms with Crippen molar-refractivity contribution in [3.8, 4) is 5.75 Å². The molecule has 0 radical (unpaired) electrons. The van der Waals surface area contributed by atoms with Crippen molar-refractivity contribution >= 4 is 29.6 Å². The highest BCUT2D eigenvalue weighted by Gasteiger charge is 2.51. The molecule has 0 amide bonds. The zero-order valence-corrected chi connectivity index (χ0v) is 18.3. The fraction of sp³-hybridized carbons (Fsp3) is 0.524. The summed E-state index contributed by atoms with van der Waals surface area (Å²) in [5, 5.41) is 0.183. The summed E-state index contributed by atoms with van der Waals surface area (Å²) in [6.45, 7) is 4.44. The quantitative estimate of drug-likeness (QED) is 0.315. The van der Waals surface area contributed by atoms with Crippen molar-refractivity contribution in [3.63, 3.8) is 0 Å². The Bertz CT molecular complexity index is 965. The van der Waals surface area contributed by atoms with E-state index < -0.39 is 36.0 Å². The maximum atomic E-state index is 13.6. The lowest BCUT2D eigenvalue weighted by Crippen LogP contribution is -2.43. The van der Waals surface area contributed by atoms with Crippen LogP contribution in [-0.4, -0.2) is 47.4 Å². The number of fused-ring (bicyclic) bond motifs is 1. The Morgan fingerprint density at radius 2 is 1.73 bits per heavy atom. The van der Waals surface area contributed by atoms with Crippen LogP contribution in [-0.2, 0) is 20.9 Å². The molecule has 3 atom stereocenters. The van der Waals surface area contributed by atoms with Crippen LogP contribution in [0, 0.1) is 0 Å². The number of likely N-dealkylation sites (tertiary alicyclic amines) is 1. The number of hydrogen-bond acceptors (Lipinski definition) is 5. The molecule has 0 spiro atoms. The lowest BCUT2D eigenvalue weighted by molar-refractivity contribution is -0.204. The van der Waals surface area contributed by atoms with Crippen LogP contribution in [0.2, 0.25) is 5.02 Å². The molecule has 33 heavy (non-hydrogen) atoms. The monoisotopic (exact) mass is 499 g/mol. The van der Waals surface area contributed by atoms with Crippen molar-refractivity contribution in [1.29, 1.82) is 0 Å². The standard InChI is InChI=1S/C21H20ClF6NO4/c1-10-4-3-5-11(2)29(10)9-13-8-16-12(7-15(13)22)6-14(17(32-16)20(23,24)25)18(30)33-19(31)21(26,27)28/h6-8,10-11,17H,3-5,9H2,1-2H3. The third-order valence-corrected chi connectivity index (χ3v) is 6.05. The van der Waals surface area contributed by atoms with Crippen LogP contribution >= 0.6 is 11.6 Å². The Morgan fingerprint density at radius 1 is 1.12 bits per heavy atom. The molecule has 1 fully saturated rings. The van der Waals surface area contributed by atoms with E-state index in [1.165, 1.54) is 12.1 Å². The van der Waals surface area contributed by atoms with E-state index in [4.69, 9.17) is 16.3 Å². The topological polar surface area (TPSA) is 55.8 Å². The molecule has 0 saturated carbocycles. The Labute approximate surface area is 190 Å². The molecule has 12 heteroatoms. The van der Waals surface area contributed by atoms with E-state index in [1.54, 1.807) is 0 Å². The molecule has 1 saturated heterocycles. The molecular weight excluding hydrogens is 480 g/mol. The van der Waals surface area contributed by atoms with E-state index in [0.29, 0.717) is 18.2 Å². The van der Waals surface area contributed by atoms with Gasteiger partial charge in [-0.1, -0.05) is 18.0 Å². The zero-order chi connectivity index (χ0) is 24.7. The number of nitrogens with zero attached hydrogens (tertiary/aromatic N) is 1. The Balaban J connectivity index is 1.95. The summed E-state index contributed by atoms with van der Waals surface area (Å²) in [6.07, 6.45) is -9.98. The largest absolute Gasteiger partial charge is 0.491 e. The van der Waals surface area contributed by atoms with Gasteiger partial charge in [-0.3, -0.25) is 4.90 Å². The molecule has 5 nitrogen and oxygen atoms in total. The highest BCUT2D eigenvalue weighted by Crippen LogP contribution is 2.40. The molecule has 3 unspecified atom stereocenters. The minimum atomic E-state index is -5.56. The van der Waals surface area contributed by atoms with Crippen molar-refractivity contribution in [2.24, 2.45) is 0 Å². The summed E-state index contributed by atoms with van der Waals surface area (Å²) in [7, 11) is 0. The number of alkyl halides is 6. The van der Waals surface area contributed by atoms with Crippen molar-refractivity contribution in [2.45, 2.75) is 70.2 Å². The van der Waals surface area contributed by atoms with Gasteiger partial charge in [0.1, 0.15) is 5.75 Å². The molecule has 0 bridgehead atoms. The van der Waals surface area contributed by atoms with Crippen LogP contribution < -0.4 is 4.74 Å². The number of ether oxygens (including phenoxy) is 2. The molecule has 0 aromatic heterocycles. The number of carbonyl (C=O) groups excluding carboxylic acids is 2. The predicted molar refractivity (Wildman–Crippen MR) is 105 cm³/mol. The van der Waals surface area contributed by atoms with E-state index in [2.05, 4.69) is 9.64 Å². The van der Waals surface area contributed by atoms with Crippen LogP contribution in [0.1, 0.15) is 44.2 Å². The van der Waals surface area contributed by atoms with E-state index in [-0.39, 0.29) is 28.4 Å². The first kappa shape index (κ1) is 25.4. The number of benzene rings is 1. The van der Waals surface area contributed by atoms with Gasteiger partial charge in [-0.05, 0) is 50.5 Å². The lowest BCUT2D eigenvalue weighted by Gasteiger charge is -2.39. The van der Waals surface area contributed by atoms with Gasteiger partial charge in [0.05, 0.1) is 5.57 Å². The van der Waals surface area contributed by atoms with E-state index in [1.807, 2.05) is 13.8 Å². The molecule has 2 heterocycles. The molecule has 2 aliphatic heterocycles. The number of hydrogen-bond donors (Lipinski definition) is 0. The Kier molecular flexibility index (Phi) is 7.05. The van der Waals surface area contributed by atoms with Crippen molar-refractivity contribution in [1.82, 2.24) is 4.90 Å². The maximum absolute atomic E-state index is 13.6. The van der Waals surface area contributed by atoms with Crippen LogP contribution in [0.3, 0.4) is 0 Å². The number of esters is 2. The first-order valence-electron chi connectivity index (χ1n) is 10.0. The normalized spacial score (nSPS) is 23.9. The average molecular weight is 500 g/mol. The molecule has 2 aliphatic rings. The SMILES string of the molecule is CC1CCCC(C)N1Cc1cc2c(cc1Cl)C=C(C(=O)OC(=O)C(F)(F)F)C(C(F)(F)F)O2. The fourth-order valence-corrected chi connectivity index (χ4v) is 4.21. The summed E-state index contributed by atoms with van der Waals surface area (Å²) in [5.41, 5.74) is -0.853. The van der Waals surface area contributed by atoms with E-state index >= 15 is 0 Å². The zero-order valence-electron chi connectivity index (χ0n) is 17.5. The Morgan fingerprint density at radius 3 is 2.27 bits per heavy atom. The summed E-state index contributed by atoms with van der Waals surface area (Å²) >= 11 is 6.32. The van der Waals surface area contributed by atoms with Gasteiger partial charge in [-0.15, -0.1) is 0 Å². The van der Waals surface area contributed by atoms with Gasteiger partial charge in [0.25, 0.3) is 0 Å². The summed E-state index contributed by atoms with van der Waals surface area (Å²) in [5.74, 6) is -5.28. The maximum Gasteiger partial charge on any atom is 0.491 e. The molecule has 3 rings (SSSR count). The fourth-order valence-electron chi connectivity index (χ4n) is 3.97. The predicted octanol–water partition coefficient (Wildman–Crippen LogP) is 5.44. The third kappa shape index (κ3) is 5.63. The number of piperidine rings is 1. The van der Waals surface area contributed by atoms with Gasteiger partial charge >= 0.3 is 24.3 Å². The van der Waals surface area contributed by atoms with Gasteiger partial charge < -0.3 is 9.47 Å². The van der Waals surface area contributed by atoms with Crippen LogP contribution in [0.15, 0.2) is 17.7 Å². The molecule has 1 aromatic rings. The lowest BCUT2D eigenvalue weighted by atomic mass is 9.95. The molecular formula is C21H20ClF6NO4. The molecule has 182 valence electrons. The number of carbonyl (C=O) groups is 2. The van der Waals surface area contributed by atoms with Crippen LogP contribution in [0.4, 0.5) is 26.3 Å². The van der Waals surface area contributed by atoms with E-state index in [0.717, 1.165) is 19.3 Å². The average Bonchev–Trinajstić information content (AvgIpc) is 2.68. The third-order valence-electron chi connectivity index (χ3n) is 5.70. The van der Waals surface area contributed by atoms with Gasteiger partial charge in [-0.2, -0.15) is 26.3 Å². The minimum absolute atomic E-state index is 0.0598. The van der Waals surface area contributed by atoms with E-state index in [9.17, 15) is 35.9 Å². The van der Waals surface area contributed by atoms with Gasteiger partial charge in [-0.25, -0.2) is 9.59 Å². The second-order valence-electron chi connectivity index (χ2n) is 8.10. The van der Waals surface area contributed by atoms with Gasteiger partial charge in [0, 0.05) is 29.2 Å². The van der Waals surface area contributed by atoms with Crippen molar-refractivity contribution in [2.75, 3.05) is 0 Å². The minimum Gasteiger partial charge on any atom is -0.475 e. The highest BCUT2D eigenvalue weighted by atomic mass is 35.5. The second kappa shape index (κ2) is 9.17. The number of rotatable bonds is 3. The van der Waals surface area contributed by atoms with Crippen molar-refractivity contribution in [3.05, 3.63) is 33.9 Å². The van der Waals surface area contributed by atoms with Crippen molar-refractivity contribution < 1.29 is 45.4 Å². The second-order valence-corrected chi connectivity index (χ2v) is 8.50. The Hall–Kier alpha value is -2.27. The first-order chi connectivity index (χ1) is 15.2. The number of halogens is 7. The van der Waals surface area contributed by atoms with Crippen LogP contribution in [0.5, 0.6) is 5.75 Å². The van der Waals surface area contributed by atoms with Crippen LogP contribution in [0.25, 0.3) is 6.08 Å². The molecule has 1 aromatic carbocycles. The molecule has 0 N–H and O–H groups in total. The smallest absolute Gasteiger partial charge is 0.475 e. The van der Waals surface area contributed by atoms with Gasteiger partial charge in [0.15, 0.2) is 0 Å². The highest BCUT2D eigenvalue weighted by molar-refractivity contribution is 6.31. The molecule has 0 aliphatic carbocycles. The summed E-state index contributed by atoms with van der Waals surface area (Å²) < 4.78 is 86.3. The summed E-state index contributed by atoms with van der Waals surface area (Å²) in [4.78, 5) is 25.1. The summed E-state index contributed by atoms with van der Waals surface area (Å²) in [6, 6.07) is 3.05. The first-order valence-corrected chi connectivity index (χ1v) is 10.4. The van der Waals surface area contributed by atoms with Gasteiger partial charge in [0.2, 0.25) is 6.10 Å².